The Balaban J connectivity index is 2.49. The molecule has 1 amide bonds. The molecular weight excluding hydrogens is 210 g/mol. The minimum Gasteiger partial charge on any atom is -0.387 e. The summed E-state index contributed by atoms with van der Waals surface area (Å²) in [6, 6.07) is 0. The van der Waals surface area contributed by atoms with Crippen molar-refractivity contribution in [2.75, 3.05) is 5.75 Å². The van der Waals surface area contributed by atoms with E-state index in [9.17, 15) is 9.90 Å². The monoisotopic (exact) mass is 223 g/mol. The quantitative estimate of drug-likeness (QED) is 0.422. The Kier molecular flexibility index (Phi) is 4.14. The van der Waals surface area contributed by atoms with E-state index in [4.69, 9.17) is 10.2 Å². The van der Waals surface area contributed by atoms with Crippen molar-refractivity contribution in [3.8, 4) is 0 Å². The van der Waals surface area contributed by atoms with E-state index in [0.29, 0.717) is 5.75 Å². The van der Waals surface area contributed by atoms with Crippen LogP contribution in [0.15, 0.2) is 0 Å². The molecule has 0 aliphatic carbocycles. The predicted octanol–water partition coefficient (Wildman–Crippen LogP) is -1.79. The average molecular weight is 223 g/mol. The zero-order chi connectivity index (χ0) is 10.7. The lowest BCUT2D eigenvalue weighted by Crippen LogP contribution is -2.40. The van der Waals surface area contributed by atoms with Gasteiger partial charge in [-0.2, -0.15) is 0 Å². The first-order valence-corrected chi connectivity index (χ1v) is 5.17. The molecule has 0 radical (unpaired) electrons. The van der Waals surface area contributed by atoms with E-state index >= 15 is 0 Å². The molecule has 0 unspecified atom stereocenters. The summed E-state index contributed by atoms with van der Waals surface area (Å²) in [5.41, 5.74) is 0. The maximum Gasteiger partial charge on any atom is 0.261 e. The first kappa shape index (κ1) is 11.7. The highest BCUT2D eigenvalue weighted by Crippen LogP contribution is 2.19. The molecular formula is C7H13NO5S. The van der Waals surface area contributed by atoms with Crippen molar-refractivity contribution in [2.45, 2.75) is 31.5 Å². The second-order valence-corrected chi connectivity index (χ2v) is 3.90. The van der Waals surface area contributed by atoms with Crippen molar-refractivity contribution in [1.29, 1.82) is 0 Å². The highest BCUT2D eigenvalue weighted by Gasteiger charge is 2.45. The molecule has 1 rings (SSSR count). The van der Waals surface area contributed by atoms with Gasteiger partial charge in [-0.3, -0.25) is 9.52 Å². The summed E-state index contributed by atoms with van der Waals surface area (Å²) < 4.78 is 7.09. The third kappa shape index (κ3) is 2.37. The molecule has 4 atom stereocenters. The van der Waals surface area contributed by atoms with Crippen LogP contribution >= 0.6 is 11.9 Å². The number of carbonyl (C=O) groups is 1. The summed E-state index contributed by atoms with van der Waals surface area (Å²) in [4.78, 5) is 11.3. The zero-order valence-electron chi connectivity index (χ0n) is 7.58. The zero-order valence-corrected chi connectivity index (χ0v) is 8.40. The molecule has 0 aromatic carbocycles. The molecule has 0 aromatic heterocycles. The van der Waals surface area contributed by atoms with Crippen LogP contribution in [0.3, 0.4) is 0 Å². The van der Waals surface area contributed by atoms with E-state index in [1.165, 1.54) is 0 Å². The molecule has 82 valence electrons. The van der Waals surface area contributed by atoms with Crippen LogP contribution in [0.25, 0.3) is 0 Å². The summed E-state index contributed by atoms with van der Waals surface area (Å²) in [5.74, 6) is 0.125. The smallest absolute Gasteiger partial charge is 0.261 e. The van der Waals surface area contributed by atoms with E-state index in [0.717, 1.165) is 11.9 Å². The van der Waals surface area contributed by atoms with Gasteiger partial charge in [0.2, 0.25) is 0 Å². The Morgan fingerprint density at radius 2 is 2.07 bits per heavy atom. The molecule has 14 heavy (non-hydrogen) atoms. The fraction of sp³-hybridized carbons (Fsp3) is 0.857. The number of aliphatic hydroxyl groups excluding tert-OH is 3. The summed E-state index contributed by atoms with van der Waals surface area (Å²) in [6.07, 6.45) is -5.54. The van der Waals surface area contributed by atoms with Crippen molar-refractivity contribution >= 4 is 17.9 Å². The Labute approximate surface area is 85.4 Å². The van der Waals surface area contributed by atoms with E-state index < -0.39 is 30.5 Å². The second kappa shape index (κ2) is 4.94. The standard InChI is InChI=1S/C7H13NO5S/c1-2-14-8-6(11)5-3(9)4(10)7(12)13-5/h3-5,7,9-10,12H,2H2,1H3,(H,8,11)/t3-,4+,5-,7+/m0/s1. The van der Waals surface area contributed by atoms with Gasteiger partial charge in [0.15, 0.2) is 12.4 Å². The highest BCUT2D eigenvalue weighted by molar-refractivity contribution is 7.97. The molecule has 1 saturated heterocycles. The van der Waals surface area contributed by atoms with E-state index in [-0.39, 0.29) is 0 Å². The van der Waals surface area contributed by atoms with Crippen molar-refractivity contribution < 1.29 is 24.9 Å². The summed E-state index contributed by atoms with van der Waals surface area (Å²) >= 11 is 1.15. The predicted molar refractivity (Wildman–Crippen MR) is 49.2 cm³/mol. The van der Waals surface area contributed by atoms with Gasteiger partial charge in [0, 0.05) is 5.75 Å². The van der Waals surface area contributed by atoms with Gasteiger partial charge in [0.05, 0.1) is 0 Å². The van der Waals surface area contributed by atoms with E-state index in [1.54, 1.807) is 0 Å². The summed E-state index contributed by atoms with van der Waals surface area (Å²) in [5, 5.41) is 27.4. The summed E-state index contributed by atoms with van der Waals surface area (Å²) in [7, 11) is 0. The number of carbonyl (C=O) groups excluding carboxylic acids is 1. The lowest BCUT2D eigenvalue weighted by atomic mass is 10.1. The van der Waals surface area contributed by atoms with Gasteiger partial charge >= 0.3 is 0 Å². The third-order valence-corrected chi connectivity index (χ3v) is 2.45. The fourth-order valence-corrected chi connectivity index (χ4v) is 1.48. The molecule has 0 saturated carbocycles. The Morgan fingerprint density at radius 1 is 1.43 bits per heavy atom. The van der Waals surface area contributed by atoms with Gasteiger partial charge in [0.1, 0.15) is 12.2 Å². The number of ether oxygens (including phenoxy) is 1. The maximum absolute atomic E-state index is 11.3. The minimum absolute atomic E-state index is 0.556. The topological polar surface area (TPSA) is 99.0 Å². The first-order chi connectivity index (χ1) is 6.57. The van der Waals surface area contributed by atoms with E-state index in [1.807, 2.05) is 6.92 Å². The van der Waals surface area contributed by atoms with Crippen molar-refractivity contribution in [2.24, 2.45) is 0 Å². The Morgan fingerprint density at radius 3 is 2.50 bits per heavy atom. The molecule has 0 spiro atoms. The number of rotatable bonds is 3. The van der Waals surface area contributed by atoms with Crippen LogP contribution in [-0.4, -0.2) is 51.6 Å². The number of aliphatic hydroxyl groups is 3. The molecule has 0 aromatic rings. The number of hydrogen-bond acceptors (Lipinski definition) is 6. The largest absolute Gasteiger partial charge is 0.387 e. The normalized spacial score (nSPS) is 37.1. The van der Waals surface area contributed by atoms with Crippen LogP contribution < -0.4 is 4.72 Å². The van der Waals surface area contributed by atoms with Crippen molar-refractivity contribution in [3.63, 3.8) is 0 Å². The highest BCUT2D eigenvalue weighted by atomic mass is 32.2. The molecule has 1 fully saturated rings. The van der Waals surface area contributed by atoms with Crippen LogP contribution in [0.1, 0.15) is 6.92 Å². The lowest BCUT2D eigenvalue weighted by molar-refractivity contribution is -0.149. The Hall–Kier alpha value is -0.340. The van der Waals surface area contributed by atoms with Gasteiger partial charge in [-0.25, -0.2) is 0 Å². The number of hydrogen-bond donors (Lipinski definition) is 4. The lowest BCUT2D eigenvalue weighted by Gasteiger charge is -2.12. The molecule has 1 aliphatic heterocycles. The van der Waals surface area contributed by atoms with Crippen LogP contribution in [0.5, 0.6) is 0 Å². The van der Waals surface area contributed by atoms with Gasteiger partial charge in [0.25, 0.3) is 5.91 Å². The van der Waals surface area contributed by atoms with Crippen LogP contribution in [0.2, 0.25) is 0 Å². The molecule has 1 aliphatic rings. The molecule has 1 heterocycles. The molecule has 0 bridgehead atoms. The maximum atomic E-state index is 11.3. The van der Waals surface area contributed by atoms with Crippen molar-refractivity contribution in [1.82, 2.24) is 4.72 Å². The van der Waals surface area contributed by atoms with Gasteiger partial charge in [-0.05, 0) is 0 Å². The van der Waals surface area contributed by atoms with Gasteiger partial charge < -0.3 is 20.1 Å². The summed E-state index contributed by atoms with van der Waals surface area (Å²) in [6.45, 7) is 1.85. The number of nitrogens with one attached hydrogen (secondary N) is 1. The van der Waals surface area contributed by atoms with Gasteiger partial charge in [-0.15, -0.1) is 0 Å². The third-order valence-electron chi connectivity index (χ3n) is 1.81. The first-order valence-electron chi connectivity index (χ1n) is 4.19. The van der Waals surface area contributed by atoms with Gasteiger partial charge in [-0.1, -0.05) is 18.9 Å². The molecule has 7 heteroatoms. The number of amides is 1. The van der Waals surface area contributed by atoms with Crippen LogP contribution in [0.4, 0.5) is 0 Å². The van der Waals surface area contributed by atoms with Crippen LogP contribution in [-0.2, 0) is 9.53 Å². The average Bonchev–Trinajstić information content (AvgIpc) is 2.42. The van der Waals surface area contributed by atoms with E-state index in [2.05, 4.69) is 9.46 Å². The Bertz CT molecular complexity index is 214. The second-order valence-electron chi connectivity index (χ2n) is 2.83. The SMILES string of the molecule is CCSNC(=O)[C@H]1O[C@@H](O)[C@H](O)[C@@H]1O. The molecule has 6 nitrogen and oxygen atoms in total. The van der Waals surface area contributed by atoms with Crippen LogP contribution in [0, 0.1) is 0 Å². The minimum atomic E-state index is -1.51. The fourth-order valence-electron chi connectivity index (χ4n) is 1.08. The molecule has 4 N–H and O–H groups in total. The van der Waals surface area contributed by atoms with Crippen molar-refractivity contribution in [3.05, 3.63) is 0 Å².